The zero-order valence-electron chi connectivity index (χ0n) is 24.6. The summed E-state index contributed by atoms with van der Waals surface area (Å²) in [5, 5.41) is 70.7. The Kier molecular flexibility index (Phi) is 10.7. The molecule has 1 unspecified atom stereocenters. The number of fused-ring (bicyclic) bond motifs is 1. The van der Waals surface area contributed by atoms with Crippen molar-refractivity contribution in [2.24, 2.45) is 5.10 Å². The van der Waals surface area contributed by atoms with Crippen LogP contribution in [0, 0.1) is 0 Å². The number of hydrogen-bond donors (Lipinski definition) is 8. The summed E-state index contributed by atoms with van der Waals surface area (Å²) < 4.78 is 21.9. The number of ether oxygens (including phenoxy) is 4. The number of hydrogen-bond acceptors (Lipinski definition) is 13. The fourth-order valence-corrected chi connectivity index (χ4v) is 5.93. The molecule has 3 aliphatic rings. The first-order valence-electron chi connectivity index (χ1n) is 14.4. The van der Waals surface area contributed by atoms with Crippen LogP contribution in [0.15, 0.2) is 47.1 Å². The lowest BCUT2D eigenvalue weighted by molar-refractivity contribution is -0.155. The normalized spacial score (nSPS) is 33.5. The Bertz CT molecular complexity index is 1480. The highest BCUT2D eigenvalue weighted by Gasteiger charge is 2.53. The zero-order valence-corrected chi connectivity index (χ0v) is 26.1. The van der Waals surface area contributed by atoms with Crippen LogP contribution >= 0.6 is 23.2 Å². The Morgan fingerprint density at radius 1 is 1.00 bits per heavy atom. The van der Waals surface area contributed by atoms with Crippen molar-refractivity contribution in [1.82, 2.24) is 10.7 Å². The molecule has 0 radical (unpaired) electrons. The molecule has 2 aliphatic heterocycles. The van der Waals surface area contributed by atoms with E-state index in [1.54, 1.807) is 25.1 Å². The van der Waals surface area contributed by atoms with E-state index < -0.39 is 73.1 Å². The van der Waals surface area contributed by atoms with Gasteiger partial charge in [-0.05, 0) is 49.8 Å². The third-order valence-corrected chi connectivity index (χ3v) is 8.63. The van der Waals surface area contributed by atoms with Gasteiger partial charge in [0.15, 0.2) is 11.5 Å². The molecule has 0 aromatic heterocycles. The maximum absolute atomic E-state index is 12.9. The average Bonchev–Trinajstić information content (AvgIpc) is 3.62. The van der Waals surface area contributed by atoms with Gasteiger partial charge in [0.1, 0.15) is 55.6 Å². The molecule has 2 heterocycles. The van der Waals surface area contributed by atoms with E-state index in [0.29, 0.717) is 21.2 Å². The highest BCUT2D eigenvalue weighted by atomic mass is 35.5. The van der Waals surface area contributed by atoms with E-state index in [4.69, 9.17) is 42.1 Å². The van der Waals surface area contributed by atoms with Gasteiger partial charge in [-0.2, -0.15) is 5.10 Å². The molecule has 2 saturated heterocycles. The number of carbonyl (C=O) groups excluding carboxylic acids is 1. The Hall–Kier alpha value is -3.02. The molecule has 2 aromatic carbocycles. The fourth-order valence-electron chi connectivity index (χ4n) is 5.47. The van der Waals surface area contributed by atoms with E-state index in [0.717, 1.165) is 0 Å². The summed E-state index contributed by atoms with van der Waals surface area (Å²) in [4.78, 5) is 12.9. The summed E-state index contributed by atoms with van der Waals surface area (Å²) in [6.45, 7) is 3.02. The maximum Gasteiger partial charge on any atom is 0.247 e. The molecule has 2 aromatic rings. The van der Waals surface area contributed by atoms with E-state index in [1.807, 2.05) is 0 Å². The topological polar surface area (TPSA) is 212 Å². The first kappa shape index (κ1) is 34.3. The lowest BCUT2D eigenvalue weighted by atomic mass is 9.83. The van der Waals surface area contributed by atoms with Crippen molar-refractivity contribution in [3.8, 4) is 11.5 Å². The van der Waals surface area contributed by atoms with Gasteiger partial charge < -0.3 is 60.3 Å². The third-order valence-electron chi connectivity index (χ3n) is 8.06. The number of phenols is 1. The van der Waals surface area contributed by atoms with Gasteiger partial charge in [-0.1, -0.05) is 35.3 Å². The minimum absolute atomic E-state index is 0.0528. The summed E-state index contributed by atoms with van der Waals surface area (Å²) in [6.07, 6.45) is -8.14. The first-order valence-corrected chi connectivity index (χ1v) is 15.1. The molecular formula is C30H35Cl2N3O11. The van der Waals surface area contributed by atoms with Gasteiger partial charge in [0.05, 0.1) is 23.3 Å². The molecule has 3 fully saturated rings. The van der Waals surface area contributed by atoms with Crippen molar-refractivity contribution in [2.45, 2.75) is 81.1 Å². The fraction of sp³-hybridized carbons (Fsp3) is 0.467. The highest BCUT2D eigenvalue weighted by Crippen LogP contribution is 2.33. The van der Waals surface area contributed by atoms with Gasteiger partial charge in [0.2, 0.25) is 12.2 Å². The second-order valence-corrected chi connectivity index (χ2v) is 12.2. The molecule has 0 spiro atoms. The van der Waals surface area contributed by atoms with Crippen molar-refractivity contribution in [2.75, 3.05) is 6.79 Å². The Morgan fingerprint density at radius 2 is 1.72 bits per heavy atom. The highest BCUT2D eigenvalue weighted by molar-refractivity contribution is 6.36. The minimum atomic E-state index is -1.50. The van der Waals surface area contributed by atoms with Crippen LogP contribution in [0.2, 0.25) is 10.0 Å². The molecule has 8 N–H and O–H groups in total. The molecule has 11 atom stereocenters. The minimum Gasteiger partial charge on any atom is -0.504 e. The second kappa shape index (κ2) is 14.4. The standard InChI is InChI=1S/C30H35Cl2N3O11/c1-12(29(42)34-20-21(37)23(39)28-27(22(20)38)43-11-44-28)7-14-3-6-19(18(36)8-14)45-30-25(41)24(40)26(46-30)13(2)35-33-10-15-4-5-16(31)9-17(15)32/h3-10,13,20-28,30,35-41H,11H2,1-2H3,(H,34,42)/t13?,20-,21+,22-,23-,24+,25+,26-,27+,28-,30-/m1/s1. The number of benzene rings is 2. The number of carbonyl (C=O) groups is 1. The molecule has 250 valence electrons. The van der Waals surface area contributed by atoms with Crippen LogP contribution in [0.3, 0.4) is 0 Å². The van der Waals surface area contributed by atoms with Crippen molar-refractivity contribution >= 4 is 41.4 Å². The van der Waals surface area contributed by atoms with Crippen LogP contribution in [0.1, 0.15) is 25.0 Å². The van der Waals surface area contributed by atoms with Crippen molar-refractivity contribution in [3.63, 3.8) is 0 Å². The quantitative estimate of drug-likeness (QED) is 0.102. The molecule has 14 nitrogen and oxygen atoms in total. The third kappa shape index (κ3) is 7.26. The van der Waals surface area contributed by atoms with E-state index in [-0.39, 0.29) is 23.9 Å². The number of rotatable bonds is 9. The SMILES string of the molecule is CC(=Cc1ccc(O[C@@H]2O[C@H](C(C)NN=Cc3ccc(Cl)cc3Cl)[C@@H](O)[C@@H]2O)c(O)c1)C(=O)N[C@@H]1[C@H](O)[C@@H](O)[C@H]2OCO[C@H]2[C@@H]1O. The summed E-state index contributed by atoms with van der Waals surface area (Å²) in [5.74, 6) is -1.03. The van der Waals surface area contributed by atoms with Crippen molar-refractivity contribution < 1.29 is 54.4 Å². The molecular weight excluding hydrogens is 649 g/mol. The Morgan fingerprint density at radius 3 is 2.41 bits per heavy atom. The number of hydrazone groups is 1. The molecule has 1 aliphatic carbocycles. The van der Waals surface area contributed by atoms with Gasteiger partial charge in [-0.3, -0.25) is 4.79 Å². The first-order chi connectivity index (χ1) is 21.8. The smallest absolute Gasteiger partial charge is 0.247 e. The van der Waals surface area contributed by atoms with E-state index >= 15 is 0 Å². The van der Waals surface area contributed by atoms with Gasteiger partial charge in [0.25, 0.3) is 0 Å². The van der Waals surface area contributed by atoms with Crippen LogP contribution in [0.4, 0.5) is 0 Å². The van der Waals surface area contributed by atoms with Crippen molar-refractivity contribution in [1.29, 1.82) is 0 Å². The van der Waals surface area contributed by atoms with Gasteiger partial charge in [-0.15, -0.1) is 0 Å². The summed E-state index contributed by atoms with van der Waals surface area (Å²) >= 11 is 12.1. The summed E-state index contributed by atoms with van der Waals surface area (Å²) in [6, 6.07) is 7.37. The van der Waals surface area contributed by atoms with E-state index in [1.165, 1.54) is 37.4 Å². The number of aliphatic hydroxyl groups excluding tert-OH is 5. The zero-order chi connectivity index (χ0) is 33.3. The van der Waals surface area contributed by atoms with Crippen LogP contribution < -0.4 is 15.5 Å². The summed E-state index contributed by atoms with van der Waals surface area (Å²) in [5.41, 5.74) is 4.00. The largest absolute Gasteiger partial charge is 0.504 e. The molecule has 1 amide bonds. The lowest BCUT2D eigenvalue weighted by Crippen LogP contribution is -2.67. The number of amides is 1. The monoisotopic (exact) mass is 683 g/mol. The number of nitrogens with zero attached hydrogens (tertiary/aromatic N) is 1. The summed E-state index contributed by atoms with van der Waals surface area (Å²) in [7, 11) is 0. The average molecular weight is 685 g/mol. The second-order valence-electron chi connectivity index (χ2n) is 11.3. The number of halogens is 2. The Labute approximate surface area is 273 Å². The van der Waals surface area contributed by atoms with Crippen LogP contribution in [0.5, 0.6) is 11.5 Å². The number of nitrogens with one attached hydrogen (secondary N) is 2. The predicted octanol–water partition coefficient (Wildman–Crippen LogP) is 0.263. The van der Waals surface area contributed by atoms with Gasteiger partial charge >= 0.3 is 0 Å². The Balaban J connectivity index is 1.18. The van der Waals surface area contributed by atoms with E-state index in [9.17, 15) is 35.4 Å². The molecule has 5 rings (SSSR count). The van der Waals surface area contributed by atoms with Gasteiger partial charge in [-0.25, -0.2) is 0 Å². The number of aliphatic hydroxyl groups is 5. The molecule has 0 bridgehead atoms. The number of aromatic hydroxyl groups is 1. The number of phenolic OH excluding ortho intramolecular Hbond substituents is 1. The van der Waals surface area contributed by atoms with Crippen LogP contribution in [-0.2, 0) is 19.0 Å². The predicted molar refractivity (Wildman–Crippen MR) is 164 cm³/mol. The van der Waals surface area contributed by atoms with E-state index in [2.05, 4.69) is 15.8 Å². The van der Waals surface area contributed by atoms with Gasteiger partial charge in [0, 0.05) is 16.2 Å². The molecule has 46 heavy (non-hydrogen) atoms. The van der Waals surface area contributed by atoms with Crippen LogP contribution in [0.25, 0.3) is 6.08 Å². The van der Waals surface area contributed by atoms with Crippen molar-refractivity contribution in [3.05, 3.63) is 63.1 Å². The lowest BCUT2D eigenvalue weighted by Gasteiger charge is -2.41. The van der Waals surface area contributed by atoms with Crippen LogP contribution in [-0.4, -0.2) is 117 Å². The molecule has 1 saturated carbocycles. The molecule has 16 heteroatoms. The maximum atomic E-state index is 12.9.